The Kier molecular flexibility index (Phi) is 4.26. The minimum atomic E-state index is -4.74. The number of hydrogen-bond acceptors (Lipinski definition) is 4. The van der Waals surface area contributed by atoms with Gasteiger partial charge in [-0.3, -0.25) is 0 Å². The van der Waals surface area contributed by atoms with Crippen LogP contribution in [0, 0.1) is 16.9 Å². The highest BCUT2D eigenvalue weighted by molar-refractivity contribution is 6.09. The molecule has 0 saturated heterocycles. The van der Waals surface area contributed by atoms with E-state index in [9.17, 15) is 13.2 Å². The van der Waals surface area contributed by atoms with Gasteiger partial charge in [-0.05, 0) is 49.8 Å². The quantitative estimate of drug-likeness (QED) is 0.766. The van der Waals surface area contributed by atoms with Crippen molar-refractivity contribution in [1.29, 1.82) is 5.26 Å². The lowest BCUT2D eigenvalue weighted by molar-refractivity contribution is -0.274. The van der Waals surface area contributed by atoms with Crippen LogP contribution in [-0.4, -0.2) is 25.3 Å². The van der Waals surface area contributed by atoms with E-state index >= 15 is 0 Å². The molecular weight excluding hydrogens is 321 g/mol. The first-order chi connectivity index (χ1) is 11.4. The average Bonchev–Trinajstić information content (AvgIpc) is 2.81. The molecule has 0 aliphatic heterocycles. The fourth-order valence-corrected chi connectivity index (χ4v) is 3.88. The number of methoxy groups -OCH3 is 1. The van der Waals surface area contributed by atoms with E-state index < -0.39 is 6.36 Å². The fraction of sp³-hybridized carbons (Fsp3) is 0.529. The molecule has 1 aromatic rings. The van der Waals surface area contributed by atoms with E-state index in [1.165, 1.54) is 12.1 Å². The molecule has 0 amide bonds. The standard InChI is InChI=1S/C17H17F3N2O2/c1-23-12-4-6-16(7-5-12)9-11-2-3-13(24-17(18,19)20)8-14(11)15(16)22-10-21/h2-3,8,12H,4-7,9H2,1H3. The lowest BCUT2D eigenvalue weighted by Crippen LogP contribution is -2.35. The summed E-state index contributed by atoms with van der Waals surface area (Å²) in [6.45, 7) is 0. The monoisotopic (exact) mass is 338 g/mol. The molecule has 0 unspecified atom stereocenters. The third kappa shape index (κ3) is 3.11. The molecule has 1 fully saturated rings. The molecule has 2 aliphatic rings. The summed E-state index contributed by atoms with van der Waals surface area (Å²) in [4.78, 5) is 3.97. The zero-order valence-electron chi connectivity index (χ0n) is 13.2. The Morgan fingerprint density at radius 1 is 1.29 bits per heavy atom. The maximum absolute atomic E-state index is 12.4. The number of nitrogens with zero attached hydrogens (tertiary/aromatic N) is 2. The van der Waals surface area contributed by atoms with Crippen molar-refractivity contribution in [1.82, 2.24) is 0 Å². The van der Waals surface area contributed by atoms with Crippen LogP contribution < -0.4 is 4.74 Å². The van der Waals surface area contributed by atoms with E-state index in [-0.39, 0.29) is 17.3 Å². The minimum Gasteiger partial charge on any atom is -0.406 e. The van der Waals surface area contributed by atoms with E-state index in [0.717, 1.165) is 31.2 Å². The molecule has 24 heavy (non-hydrogen) atoms. The summed E-state index contributed by atoms with van der Waals surface area (Å²) in [5.41, 5.74) is 1.80. The number of ether oxygens (including phenoxy) is 2. The molecule has 0 heterocycles. The second-order valence-electron chi connectivity index (χ2n) is 6.32. The SMILES string of the molecule is COC1CCC2(CC1)Cc1ccc(OC(F)(F)F)cc1C2=NC#N. The summed E-state index contributed by atoms with van der Waals surface area (Å²) in [5, 5.41) is 9.05. The molecule has 2 aliphatic carbocycles. The Bertz CT molecular complexity index is 699. The van der Waals surface area contributed by atoms with Gasteiger partial charge < -0.3 is 9.47 Å². The van der Waals surface area contributed by atoms with Gasteiger partial charge >= 0.3 is 6.36 Å². The van der Waals surface area contributed by atoms with Gasteiger partial charge in [-0.1, -0.05) is 6.07 Å². The van der Waals surface area contributed by atoms with Crippen LogP contribution >= 0.6 is 0 Å². The normalized spacial score (nSPS) is 28.0. The van der Waals surface area contributed by atoms with Gasteiger partial charge in [0.1, 0.15) is 5.75 Å². The maximum Gasteiger partial charge on any atom is 0.573 e. The van der Waals surface area contributed by atoms with Crippen molar-refractivity contribution >= 4 is 5.71 Å². The second kappa shape index (κ2) is 6.10. The molecule has 128 valence electrons. The van der Waals surface area contributed by atoms with E-state index in [4.69, 9.17) is 10.00 Å². The van der Waals surface area contributed by atoms with Crippen molar-refractivity contribution < 1.29 is 22.6 Å². The highest BCUT2D eigenvalue weighted by Crippen LogP contribution is 2.49. The molecular formula is C17H17F3N2O2. The first-order valence-electron chi connectivity index (χ1n) is 7.76. The number of fused-ring (bicyclic) bond motifs is 1. The van der Waals surface area contributed by atoms with Gasteiger partial charge in [0.15, 0.2) is 0 Å². The van der Waals surface area contributed by atoms with Gasteiger partial charge in [0.05, 0.1) is 11.8 Å². The van der Waals surface area contributed by atoms with Gasteiger partial charge in [-0.2, -0.15) is 10.3 Å². The third-order valence-corrected chi connectivity index (χ3v) is 4.99. The van der Waals surface area contributed by atoms with Crippen molar-refractivity contribution in [3.63, 3.8) is 0 Å². The number of aliphatic imine (C=N–C) groups is 1. The van der Waals surface area contributed by atoms with Gasteiger partial charge in [-0.15, -0.1) is 13.2 Å². The zero-order valence-corrected chi connectivity index (χ0v) is 13.2. The summed E-state index contributed by atoms with van der Waals surface area (Å²) in [6.07, 6.45) is 1.24. The van der Waals surface area contributed by atoms with Crippen molar-refractivity contribution in [3.05, 3.63) is 29.3 Å². The van der Waals surface area contributed by atoms with Crippen LogP contribution in [0.3, 0.4) is 0 Å². The number of halogens is 3. The Morgan fingerprint density at radius 2 is 2.00 bits per heavy atom. The van der Waals surface area contributed by atoms with E-state index in [1.54, 1.807) is 13.2 Å². The molecule has 0 atom stereocenters. The summed E-state index contributed by atoms with van der Waals surface area (Å²) in [7, 11) is 1.68. The molecule has 4 nitrogen and oxygen atoms in total. The van der Waals surface area contributed by atoms with Crippen LogP contribution in [0.25, 0.3) is 0 Å². The molecule has 1 saturated carbocycles. The van der Waals surface area contributed by atoms with Gasteiger partial charge in [0.2, 0.25) is 6.19 Å². The summed E-state index contributed by atoms with van der Waals surface area (Å²) in [6, 6.07) is 4.30. The number of nitriles is 1. The molecule has 3 rings (SSSR count). The van der Waals surface area contributed by atoms with Crippen molar-refractivity contribution in [3.8, 4) is 11.9 Å². The first kappa shape index (κ1) is 16.8. The second-order valence-corrected chi connectivity index (χ2v) is 6.32. The molecule has 1 aromatic carbocycles. The Hall–Kier alpha value is -2.07. The van der Waals surface area contributed by atoms with E-state index in [0.29, 0.717) is 17.7 Å². The van der Waals surface area contributed by atoms with Crippen LogP contribution in [-0.2, 0) is 11.2 Å². The number of hydrogen-bond donors (Lipinski definition) is 0. The Labute approximate surface area is 137 Å². The maximum atomic E-state index is 12.4. The lowest BCUT2D eigenvalue weighted by atomic mass is 9.70. The minimum absolute atomic E-state index is 0.187. The van der Waals surface area contributed by atoms with Gasteiger partial charge in [-0.25, -0.2) is 0 Å². The largest absolute Gasteiger partial charge is 0.573 e. The Balaban J connectivity index is 1.94. The molecule has 7 heteroatoms. The summed E-state index contributed by atoms with van der Waals surface area (Å²) < 4.78 is 46.7. The average molecular weight is 338 g/mol. The number of alkyl halides is 3. The van der Waals surface area contributed by atoms with Gasteiger partial charge in [0.25, 0.3) is 0 Å². The van der Waals surface area contributed by atoms with Crippen molar-refractivity contribution in [2.45, 2.75) is 44.6 Å². The summed E-state index contributed by atoms with van der Waals surface area (Å²) >= 11 is 0. The van der Waals surface area contributed by atoms with Gasteiger partial charge in [0, 0.05) is 18.1 Å². The van der Waals surface area contributed by atoms with Crippen molar-refractivity contribution in [2.24, 2.45) is 10.4 Å². The predicted molar refractivity (Wildman–Crippen MR) is 80.7 cm³/mol. The Morgan fingerprint density at radius 3 is 2.58 bits per heavy atom. The lowest BCUT2D eigenvalue weighted by Gasteiger charge is -2.36. The topological polar surface area (TPSA) is 54.6 Å². The molecule has 0 bridgehead atoms. The molecule has 0 radical (unpaired) electrons. The number of rotatable bonds is 2. The first-order valence-corrected chi connectivity index (χ1v) is 7.76. The third-order valence-electron chi connectivity index (χ3n) is 4.99. The molecule has 1 spiro atoms. The van der Waals surface area contributed by atoms with E-state index in [2.05, 4.69) is 9.73 Å². The van der Waals surface area contributed by atoms with Crippen LogP contribution in [0.15, 0.2) is 23.2 Å². The number of benzene rings is 1. The molecule has 0 aromatic heterocycles. The highest BCUT2D eigenvalue weighted by atomic mass is 19.4. The van der Waals surface area contributed by atoms with E-state index in [1.807, 2.05) is 6.19 Å². The van der Waals surface area contributed by atoms with Crippen LogP contribution in [0.1, 0.15) is 36.8 Å². The van der Waals surface area contributed by atoms with Crippen LogP contribution in [0.2, 0.25) is 0 Å². The highest BCUT2D eigenvalue weighted by Gasteiger charge is 2.46. The van der Waals surface area contributed by atoms with Crippen LogP contribution in [0.4, 0.5) is 13.2 Å². The smallest absolute Gasteiger partial charge is 0.406 e. The fourth-order valence-electron chi connectivity index (χ4n) is 3.88. The summed E-state index contributed by atoms with van der Waals surface area (Å²) in [5.74, 6) is -0.283. The van der Waals surface area contributed by atoms with Crippen LogP contribution in [0.5, 0.6) is 5.75 Å². The van der Waals surface area contributed by atoms with Crippen molar-refractivity contribution in [2.75, 3.05) is 7.11 Å². The zero-order chi connectivity index (χ0) is 17.4. The predicted octanol–water partition coefficient (Wildman–Crippen LogP) is 3.99. The molecule has 0 N–H and O–H groups in total.